The topological polar surface area (TPSA) is 99.7 Å². The highest BCUT2D eigenvalue weighted by Crippen LogP contribution is 2.35. The molecule has 8 nitrogen and oxygen atoms in total. The molecule has 2 aromatic rings. The maximum atomic E-state index is 13.1. The molecule has 0 radical (unpaired) electrons. The van der Waals surface area contributed by atoms with Gasteiger partial charge in [-0.15, -0.1) is 0 Å². The van der Waals surface area contributed by atoms with Gasteiger partial charge in [-0.2, -0.15) is 13.2 Å². The standard InChI is InChI=1S/C21H22F4N4O4S/c1-13(11-22)27-17-10-14(8-9-26-17)12-28-19(31)29(18(30)20(28,2)3)15-4-6-16(7-5-15)34(32,33)21(23,24)25/h4-10,13H,11-12H2,1-3H3,(H,26,27). The fraction of sp³-hybridized carbons (Fsp3) is 0.381. The Kier molecular flexibility index (Phi) is 6.62. The maximum absolute atomic E-state index is 13.1. The predicted octanol–water partition coefficient (Wildman–Crippen LogP) is 3.89. The van der Waals surface area contributed by atoms with Crippen molar-refractivity contribution in [2.24, 2.45) is 0 Å². The summed E-state index contributed by atoms with van der Waals surface area (Å²) >= 11 is 0. The molecule has 0 spiro atoms. The summed E-state index contributed by atoms with van der Waals surface area (Å²) in [6.07, 6.45) is 1.47. The highest BCUT2D eigenvalue weighted by atomic mass is 32.2. The Morgan fingerprint density at radius 1 is 1.12 bits per heavy atom. The molecular formula is C21H22F4N4O4S. The first-order chi connectivity index (χ1) is 15.7. The molecule has 1 aromatic heterocycles. The first kappa shape index (κ1) is 25.4. The van der Waals surface area contributed by atoms with Crippen molar-refractivity contribution >= 4 is 33.3 Å². The first-order valence-electron chi connectivity index (χ1n) is 10.0. The van der Waals surface area contributed by atoms with Crippen LogP contribution in [0.3, 0.4) is 0 Å². The summed E-state index contributed by atoms with van der Waals surface area (Å²) in [6, 6.07) is 5.36. The number of benzene rings is 1. The largest absolute Gasteiger partial charge is 0.501 e. The summed E-state index contributed by atoms with van der Waals surface area (Å²) in [5, 5.41) is 2.86. The van der Waals surface area contributed by atoms with Crippen molar-refractivity contribution in [1.82, 2.24) is 9.88 Å². The lowest BCUT2D eigenvalue weighted by Crippen LogP contribution is -2.43. The lowest BCUT2D eigenvalue weighted by Gasteiger charge is -2.27. The number of aromatic nitrogens is 1. The Morgan fingerprint density at radius 3 is 2.29 bits per heavy atom. The molecule has 0 bridgehead atoms. The lowest BCUT2D eigenvalue weighted by molar-refractivity contribution is -0.123. The Bertz CT molecular complexity index is 1200. The molecule has 0 saturated carbocycles. The summed E-state index contributed by atoms with van der Waals surface area (Å²) in [6.45, 7) is 4.04. The summed E-state index contributed by atoms with van der Waals surface area (Å²) in [4.78, 5) is 31.3. The van der Waals surface area contributed by atoms with Crippen molar-refractivity contribution in [1.29, 1.82) is 0 Å². The van der Waals surface area contributed by atoms with Crippen LogP contribution in [0.4, 0.5) is 33.9 Å². The molecule has 13 heteroatoms. The second-order valence-corrected chi connectivity index (χ2v) is 10.2. The van der Waals surface area contributed by atoms with E-state index in [1.165, 1.54) is 24.9 Å². The molecule has 1 unspecified atom stereocenters. The molecule has 0 aliphatic carbocycles. The molecule has 1 aliphatic rings. The SMILES string of the molecule is CC(CF)Nc1cc(CN2C(=O)N(c3ccc(S(=O)(=O)C(F)(F)F)cc3)C(=O)C2(C)C)ccn1. The van der Waals surface area contributed by atoms with Crippen LogP contribution in [0.15, 0.2) is 47.5 Å². The molecular weight excluding hydrogens is 480 g/mol. The highest BCUT2D eigenvalue weighted by Gasteiger charge is 2.52. The van der Waals surface area contributed by atoms with Crippen LogP contribution < -0.4 is 10.2 Å². The fourth-order valence-corrected chi connectivity index (χ4v) is 4.12. The van der Waals surface area contributed by atoms with Gasteiger partial charge in [0.15, 0.2) is 0 Å². The lowest BCUT2D eigenvalue weighted by atomic mass is 10.0. The number of pyridine rings is 1. The molecule has 1 atom stereocenters. The normalized spacial score (nSPS) is 17.3. The van der Waals surface area contributed by atoms with Crippen molar-refractivity contribution in [2.45, 2.75) is 49.3 Å². The third kappa shape index (κ3) is 4.56. The number of anilines is 2. The van der Waals surface area contributed by atoms with E-state index in [1.54, 1.807) is 19.1 Å². The Morgan fingerprint density at radius 2 is 1.74 bits per heavy atom. The molecule has 3 amide bonds. The van der Waals surface area contributed by atoms with Crippen molar-refractivity contribution in [2.75, 3.05) is 16.9 Å². The number of rotatable bonds is 7. The van der Waals surface area contributed by atoms with Crippen LogP contribution in [0.2, 0.25) is 0 Å². The van der Waals surface area contributed by atoms with Gasteiger partial charge >= 0.3 is 11.5 Å². The molecule has 1 aliphatic heterocycles. The number of urea groups is 1. The highest BCUT2D eigenvalue weighted by molar-refractivity contribution is 7.92. The number of imide groups is 1. The van der Waals surface area contributed by atoms with E-state index in [0.29, 0.717) is 23.5 Å². The minimum absolute atomic E-state index is 0.00415. The molecule has 1 aromatic carbocycles. The number of nitrogens with one attached hydrogen (secondary N) is 1. The van der Waals surface area contributed by atoms with Gasteiger partial charge in [0, 0.05) is 12.7 Å². The van der Waals surface area contributed by atoms with Gasteiger partial charge < -0.3 is 10.2 Å². The van der Waals surface area contributed by atoms with E-state index in [9.17, 15) is 35.6 Å². The number of hydrogen-bond donors (Lipinski definition) is 1. The van der Waals surface area contributed by atoms with Gasteiger partial charge in [-0.05, 0) is 62.7 Å². The smallest absolute Gasteiger partial charge is 0.365 e. The van der Waals surface area contributed by atoms with E-state index < -0.39 is 50.4 Å². The van der Waals surface area contributed by atoms with Gasteiger partial charge in [0.05, 0.1) is 16.6 Å². The summed E-state index contributed by atoms with van der Waals surface area (Å²) in [7, 11) is -5.57. The Labute approximate surface area is 193 Å². The van der Waals surface area contributed by atoms with Crippen LogP contribution in [0.1, 0.15) is 26.3 Å². The number of hydrogen-bond acceptors (Lipinski definition) is 6. The van der Waals surface area contributed by atoms with Gasteiger partial charge in [-0.25, -0.2) is 27.5 Å². The average Bonchev–Trinajstić information content (AvgIpc) is 2.92. The van der Waals surface area contributed by atoms with E-state index in [0.717, 1.165) is 17.0 Å². The van der Waals surface area contributed by atoms with Crippen molar-refractivity contribution < 1.29 is 35.6 Å². The Hall–Kier alpha value is -3.22. The third-order valence-electron chi connectivity index (χ3n) is 5.32. The number of nitrogens with zero attached hydrogens (tertiary/aromatic N) is 3. The number of carbonyl (C=O) groups is 2. The fourth-order valence-electron chi connectivity index (χ4n) is 3.36. The number of halogens is 4. The first-order valence-corrected chi connectivity index (χ1v) is 11.5. The molecule has 2 heterocycles. The van der Waals surface area contributed by atoms with Crippen molar-refractivity contribution in [3.8, 4) is 0 Å². The van der Waals surface area contributed by atoms with Gasteiger partial charge in [-0.3, -0.25) is 4.79 Å². The van der Waals surface area contributed by atoms with E-state index in [1.807, 2.05) is 0 Å². The van der Waals surface area contributed by atoms with E-state index in [4.69, 9.17) is 0 Å². The zero-order chi connectivity index (χ0) is 25.5. The third-order valence-corrected chi connectivity index (χ3v) is 6.83. The minimum Gasteiger partial charge on any atom is -0.365 e. The molecule has 1 N–H and O–H groups in total. The van der Waals surface area contributed by atoms with E-state index >= 15 is 0 Å². The zero-order valence-electron chi connectivity index (χ0n) is 18.4. The number of alkyl halides is 4. The number of carbonyl (C=O) groups excluding carboxylic acids is 2. The molecule has 1 saturated heterocycles. The van der Waals surface area contributed by atoms with Crippen LogP contribution >= 0.6 is 0 Å². The number of amides is 3. The second-order valence-electron chi connectivity index (χ2n) is 8.26. The van der Waals surface area contributed by atoms with Gasteiger partial charge in [0.25, 0.3) is 15.7 Å². The van der Waals surface area contributed by atoms with E-state index in [-0.39, 0.29) is 12.2 Å². The molecule has 184 valence electrons. The van der Waals surface area contributed by atoms with Crippen molar-refractivity contribution in [3.05, 3.63) is 48.2 Å². The summed E-state index contributed by atoms with van der Waals surface area (Å²) in [5.41, 5.74) is -6.25. The monoisotopic (exact) mass is 502 g/mol. The number of sulfone groups is 1. The van der Waals surface area contributed by atoms with Crippen LogP contribution in [0.25, 0.3) is 0 Å². The van der Waals surface area contributed by atoms with Crippen LogP contribution in [-0.2, 0) is 21.2 Å². The maximum Gasteiger partial charge on any atom is 0.501 e. The Balaban J connectivity index is 1.88. The van der Waals surface area contributed by atoms with Crippen molar-refractivity contribution in [3.63, 3.8) is 0 Å². The molecule has 3 rings (SSSR count). The minimum atomic E-state index is -5.57. The average molecular weight is 502 g/mol. The van der Waals surface area contributed by atoms with Crippen LogP contribution in [-0.4, -0.2) is 54.0 Å². The van der Waals surface area contributed by atoms with Crippen LogP contribution in [0.5, 0.6) is 0 Å². The predicted molar refractivity (Wildman–Crippen MR) is 115 cm³/mol. The van der Waals surface area contributed by atoms with E-state index in [2.05, 4.69) is 10.3 Å². The summed E-state index contributed by atoms with van der Waals surface area (Å²) < 4.78 is 74.3. The van der Waals surface area contributed by atoms with Gasteiger partial charge in [-0.1, -0.05) is 0 Å². The molecule has 1 fully saturated rings. The van der Waals surface area contributed by atoms with Gasteiger partial charge in [0.1, 0.15) is 18.0 Å². The van der Waals surface area contributed by atoms with Crippen LogP contribution in [0, 0.1) is 0 Å². The summed E-state index contributed by atoms with van der Waals surface area (Å²) in [5.74, 6) is -0.251. The van der Waals surface area contributed by atoms with Gasteiger partial charge in [0.2, 0.25) is 0 Å². The zero-order valence-corrected chi connectivity index (χ0v) is 19.2. The second kappa shape index (κ2) is 8.85. The molecule has 34 heavy (non-hydrogen) atoms. The quantitative estimate of drug-likeness (QED) is 0.456.